The first-order chi connectivity index (χ1) is 8.91. The van der Waals surface area contributed by atoms with E-state index in [-0.39, 0.29) is 12.5 Å². The topological polar surface area (TPSA) is 81.7 Å². The van der Waals surface area contributed by atoms with Gasteiger partial charge < -0.3 is 10.1 Å². The number of nitrogens with one attached hydrogen (secondary N) is 1. The van der Waals surface area contributed by atoms with Crippen molar-refractivity contribution >= 4 is 16.2 Å². The predicted octanol–water partition coefficient (Wildman–Crippen LogP) is 1.52. The number of carbonyl (C=O) groups is 1. The summed E-state index contributed by atoms with van der Waals surface area (Å²) in [6.45, 7) is 8.83. The van der Waals surface area contributed by atoms with Gasteiger partial charge in [0.2, 0.25) is 0 Å². The summed E-state index contributed by atoms with van der Waals surface area (Å²) in [6, 6.07) is -0.437. The predicted molar refractivity (Wildman–Crippen MR) is 76.6 cm³/mol. The Morgan fingerprint density at radius 1 is 1.30 bits per heavy atom. The van der Waals surface area contributed by atoms with Crippen molar-refractivity contribution in [1.29, 1.82) is 0 Å². The molecule has 0 aliphatic heterocycles. The van der Waals surface area contributed by atoms with Crippen LogP contribution in [0.2, 0.25) is 0 Å². The first kappa shape index (κ1) is 18.7. The van der Waals surface area contributed by atoms with Gasteiger partial charge in [0.15, 0.2) is 0 Å². The van der Waals surface area contributed by atoms with Crippen molar-refractivity contribution in [2.75, 3.05) is 12.9 Å². The minimum atomic E-state index is -3.50. The van der Waals surface area contributed by atoms with Gasteiger partial charge in [-0.15, -0.1) is 0 Å². The number of hydrogen-bond acceptors (Lipinski definition) is 5. The summed E-state index contributed by atoms with van der Waals surface area (Å²) in [5.74, 6) is 5.38. The fraction of sp³-hybridized carbons (Fsp3) is 0.769. The molecule has 0 aromatic carbocycles. The monoisotopic (exact) mass is 305 g/mol. The summed E-state index contributed by atoms with van der Waals surface area (Å²) in [6.07, 6.45) is 0.391. The molecule has 7 heteroatoms. The van der Waals surface area contributed by atoms with Crippen LogP contribution < -0.4 is 5.32 Å². The van der Waals surface area contributed by atoms with Crippen LogP contribution in [0.1, 0.15) is 34.6 Å². The molecule has 0 unspecified atom stereocenters. The van der Waals surface area contributed by atoms with Crippen molar-refractivity contribution in [2.45, 2.75) is 46.3 Å². The Hall–Kier alpha value is -1.26. The minimum Gasteiger partial charge on any atom is -0.444 e. The molecule has 0 spiro atoms. The van der Waals surface area contributed by atoms with Crippen molar-refractivity contribution in [3.8, 4) is 11.8 Å². The highest BCUT2D eigenvalue weighted by Gasteiger charge is 2.20. The number of ether oxygens (including phenoxy) is 1. The number of alkyl carbamates (subject to hydrolysis) is 1. The smallest absolute Gasteiger partial charge is 0.408 e. The molecule has 1 atom stereocenters. The van der Waals surface area contributed by atoms with Gasteiger partial charge in [0, 0.05) is 0 Å². The molecule has 0 aliphatic rings. The zero-order valence-corrected chi connectivity index (χ0v) is 13.6. The standard InChI is InChI=1S/C13H23NO5S/c1-10(2)11(8-7-9-18-20(6,16)17)14-12(15)19-13(3,4)5/h10-11H,9H2,1-6H3,(H,14,15)/t11-/m1/s1. The molecule has 0 aliphatic carbocycles. The molecule has 0 saturated carbocycles. The summed E-state index contributed by atoms with van der Waals surface area (Å²) >= 11 is 0. The van der Waals surface area contributed by atoms with E-state index in [2.05, 4.69) is 21.3 Å². The maximum Gasteiger partial charge on any atom is 0.408 e. The molecule has 116 valence electrons. The third-order valence-electron chi connectivity index (χ3n) is 1.94. The highest BCUT2D eigenvalue weighted by Crippen LogP contribution is 2.08. The van der Waals surface area contributed by atoms with Gasteiger partial charge in [0.25, 0.3) is 10.1 Å². The summed E-state index contributed by atoms with van der Waals surface area (Å²) in [7, 11) is -3.50. The minimum absolute atomic E-state index is 0.0493. The maximum atomic E-state index is 11.6. The van der Waals surface area contributed by atoms with Gasteiger partial charge in [-0.1, -0.05) is 25.7 Å². The number of carbonyl (C=O) groups excluding carboxylic acids is 1. The van der Waals surface area contributed by atoms with Crippen molar-refractivity contribution < 1.29 is 22.1 Å². The van der Waals surface area contributed by atoms with Gasteiger partial charge in [0.05, 0.1) is 12.3 Å². The van der Waals surface area contributed by atoms with Crippen molar-refractivity contribution in [2.24, 2.45) is 5.92 Å². The second-order valence-electron chi connectivity index (χ2n) is 5.66. The summed E-state index contributed by atoms with van der Waals surface area (Å²) < 4.78 is 31.2. The summed E-state index contributed by atoms with van der Waals surface area (Å²) in [4.78, 5) is 11.6. The van der Waals surface area contributed by atoms with Crippen molar-refractivity contribution in [1.82, 2.24) is 5.32 Å². The Morgan fingerprint density at radius 3 is 2.25 bits per heavy atom. The average molecular weight is 305 g/mol. The fourth-order valence-corrected chi connectivity index (χ4v) is 1.37. The second kappa shape index (κ2) is 7.50. The average Bonchev–Trinajstić information content (AvgIpc) is 2.17. The highest BCUT2D eigenvalue weighted by atomic mass is 32.2. The molecular formula is C13H23NO5S. The molecular weight excluding hydrogens is 282 g/mol. The van der Waals surface area contributed by atoms with E-state index in [1.807, 2.05) is 13.8 Å². The van der Waals surface area contributed by atoms with E-state index in [9.17, 15) is 13.2 Å². The molecule has 0 saturated heterocycles. The third-order valence-corrected chi connectivity index (χ3v) is 2.49. The molecule has 0 heterocycles. The van der Waals surface area contributed by atoms with Crippen LogP contribution >= 0.6 is 0 Å². The molecule has 0 bridgehead atoms. The molecule has 1 N–H and O–H groups in total. The number of amides is 1. The first-order valence-corrected chi connectivity index (χ1v) is 8.04. The Bertz CT molecular complexity index is 479. The van der Waals surface area contributed by atoms with Gasteiger partial charge in [-0.2, -0.15) is 8.42 Å². The van der Waals surface area contributed by atoms with Crippen LogP contribution in [0.15, 0.2) is 0 Å². The van der Waals surface area contributed by atoms with E-state index in [1.54, 1.807) is 20.8 Å². The summed E-state index contributed by atoms with van der Waals surface area (Å²) in [5, 5.41) is 2.63. The van der Waals surface area contributed by atoms with Crippen LogP contribution in [0, 0.1) is 17.8 Å². The Kier molecular flexibility index (Phi) is 7.03. The SMILES string of the molecule is CC(C)[C@@H](C#CCOS(C)(=O)=O)NC(=O)OC(C)(C)C. The van der Waals surface area contributed by atoms with Gasteiger partial charge in [-0.05, 0) is 26.7 Å². The number of rotatable bonds is 4. The van der Waals surface area contributed by atoms with Crippen molar-refractivity contribution in [3.63, 3.8) is 0 Å². The van der Waals surface area contributed by atoms with Crippen LogP contribution in [-0.2, 0) is 19.0 Å². The maximum absolute atomic E-state index is 11.6. The zero-order valence-electron chi connectivity index (χ0n) is 12.8. The fourth-order valence-electron chi connectivity index (χ4n) is 1.09. The molecule has 0 radical (unpaired) electrons. The second-order valence-corrected chi connectivity index (χ2v) is 7.30. The Balaban J connectivity index is 4.53. The lowest BCUT2D eigenvalue weighted by atomic mass is 10.1. The van der Waals surface area contributed by atoms with Gasteiger partial charge >= 0.3 is 6.09 Å². The van der Waals surface area contributed by atoms with Crippen LogP contribution in [0.5, 0.6) is 0 Å². The van der Waals surface area contributed by atoms with E-state index in [0.29, 0.717) is 0 Å². The lowest BCUT2D eigenvalue weighted by Gasteiger charge is -2.23. The normalized spacial score (nSPS) is 13.3. The lowest BCUT2D eigenvalue weighted by molar-refractivity contribution is 0.0506. The van der Waals surface area contributed by atoms with E-state index in [1.165, 1.54) is 0 Å². The quantitative estimate of drug-likeness (QED) is 0.629. The van der Waals surface area contributed by atoms with Gasteiger partial charge in [-0.25, -0.2) is 4.79 Å². The van der Waals surface area contributed by atoms with Crippen LogP contribution in [0.3, 0.4) is 0 Å². The first-order valence-electron chi connectivity index (χ1n) is 6.23. The van der Waals surface area contributed by atoms with E-state index >= 15 is 0 Å². The molecule has 0 rings (SSSR count). The highest BCUT2D eigenvalue weighted by molar-refractivity contribution is 7.85. The van der Waals surface area contributed by atoms with Crippen LogP contribution in [0.25, 0.3) is 0 Å². The molecule has 20 heavy (non-hydrogen) atoms. The van der Waals surface area contributed by atoms with Crippen LogP contribution in [-0.4, -0.2) is 39.0 Å². The Morgan fingerprint density at radius 2 is 1.85 bits per heavy atom. The molecule has 0 aromatic rings. The lowest BCUT2D eigenvalue weighted by Crippen LogP contribution is -2.41. The van der Waals surface area contributed by atoms with E-state index in [4.69, 9.17) is 4.74 Å². The molecule has 1 amide bonds. The summed E-state index contributed by atoms with van der Waals surface area (Å²) in [5.41, 5.74) is -0.585. The van der Waals surface area contributed by atoms with E-state index < -0.39 is 27.9 Å². The molecule has 6 nitrogen and oxygen atoms in total. The van der Waals surface area contributed by atoms with Gasteiger partial charge in [0.1, 0.15) is 12.2 Å². The van der Waals surface area contributed by atoms with Crippen molar-refractivity contribution in [3.05, 3.63) is 0 Å². The molecule has 0 aromatic heterocycles. The zero-order chi connectivity index (χ0) is 16.0. The Labute approximate surface area is 121 Å². The van der Waals surface area contributed by atoms with Crippen LogP contribution in [0.4, 0.5) is 4.79 Å². The van der Waals surface area contributed by atoms with Gasteiger partial charge in [-0.3, -0.25) is 4.18 Å². The molecule has 0 fully saturated rings. The largest absolute Gasteiger partial charge is 0.444 e. The third kappa shape index (κ3) is 10.6. The van der Waals surface area contributed by atoms with E-state index in [0.717, 1.165) is 6.26 Å². The number of hydrogen-bond donors (Lipinski definition) is 1.